The number of benzene rings is 1. The Morgan fingerprint density at radius 3 is 2.38 bits per heavy atom. The van der Waals surface area contributed by atoms with Gasteiger partial charge in [0, 0.05) is 0 Å². The summed E-state index contributed by atoms with van der Waals surface area (Å²) in [6.45, 7) is 5.19. The molecule has 0 aliphatic rings. The third kappa shape index (κ3) is 5.03. The summed E-state index contributed by atoms with van der Waals surface area (Å²) in [5.74, 6) is 1.77. The molecule has 0 fully saturated rings. The van der Waals surface area contributed by atoms with Crippen LogP contribution >= 0.6 is 0 Å². The van der Waals surface area contributed by atoms with Gasteiger partial charge < -0.3 is 14.8 Å². The summed E-state index contributed by atoms with van der Waals surface area (Å²) in [5, 5.41) is 2.30. The molecule has 90 valence electrons. The molecule has 1 aromatic rings. The van der Waals surface area contributed by atoms with Crippen LogP contribution in [0.25, 0.3) is 0 Å². The van der Waals surface area contributed by atoms with Crippen molar-refractivity contribution in [1.82, 2.24) is 0 Å². The number of unbranched alkanes of at least 4 members (excludes halogenated alkanes) is 1. The van der Waals surface area contributed by atoms with Crippen LogP contribution in [0.15, 0.2) is 24.3 Å². The molecule has 2 N–H and O–H groups in total. The highest BCUT2D eigenvalue weighted by molar-refractivity contribution is 5.30. The summed E-state index contributed by atoms with van der Waals surface area (Å²) in [6.07, 6.45) is 2.54. The predicted octanol–water partition coefficient (Wildman–Crippen LogP) is 1.44. The molecule has 0 aromatic heterocycles. The second-order valence-corrected chi connectivity index (χ2v) is 3.74. The second kappa shape index (κ2) is 7.99. The van der Waals surface area contributed by atoms with Gasteiger partial charge in [-0.1, -0.05) is 13.3 Å². The molecular formula is C13H22NO2+. The Morgan fingerprint density at radius 2 is 1.75 bits per heavy atom. The fraction of sp³-hybridized carbons (Fsp3) is 0.538. The van der Waals surface area contributed by atoms with Gasteiger partial charge in [-0.25, -0.2) is 0 Å². The zero-order chi connectivity index (χ0) is 11.6. The van der Waals surface area contributed by atoms with Gasteiger partial charge in [0.1, 0.15) is 24.7 Å². The first-order chi connectivity index (χ1) is 7.86. The number of hydrogen-bond acceptors (Lipinski definition) is 2. The van der Waals surface area contributed by atoms with Crippen molar-refractivity contribution in [3.05, 3.63) is 24.3 Å². The summed E-state index contributed by atoms with van der Waals surface area (Å²) in [5.41, 5.74) is 0. The lowest BCUT2D eigenvalue weighted by molar-refractivity contribution is -0.655. The molecule has 1 rings (SSSR count). The number of hydrogen-bond donors (Lipinski definition) is 1. The van der Waals surface area contributed by atoms with Gasteiger partial charge in [0.2, 0.25) is 0 Å². The highest BCUT2D eigenvalue weighted by Crippen LogP contribution is 2.16. The molecule has 0 amide bonds. The van der Waals surface area contributed by atoms with E-state index in [1.165, 1.54) is 19.4 Å². The summed E-state index contributed by atoms with van der Waals surface area (Å²) < 4.78 is 10.7. The van der Waals surface area contributed by atoms with E-state index in [1.807, 2.05) is 24.3 Å². The average molecular weight is 224 g/mol. The maximum absolute atomic E-state index is 5.60. The third-order valence-electron chi connectivity index (χ3n) is 2.41. The fourth-order valence-corrected chi connectivity index (χ4v) is 1.42. The van der Waals surface area contributed by atoms with Gasteiger partial charge in [0.15, 0.2) is 0 Å². The number of ether oxygens (including phenoxy) is 2. The van der Waals surface area contributed by atoms with E-state index >= 15 is 0 Å². The van der Waals surface area contributed by atoms with Crippen LogP contribution in [-0.2, 0) is 0 Å². The zero-order valence-corrected chi connectivity index (χ0v) is 10.2. The monoisotopic (exact) mass is 224 g/mol. The lowest BCUT2D eigenvalue weighted by Gasteiger charge is -2.06. The van der Waals surface area contributed by atoms with Gasteiger partial charge in [-0.2, -0.15) is 0 Å². The fourth-order valence-electron chi connectivity index (χ4n) is 1.42. The van der Waals surface area contributed by atoms with Gasteiger partial charge in [-0.3, -0.25) is 0 Å². The van der Waals surface area contributed by atoms with Crippen molar-refractivity contribution in [1.29, 1.82) is 0 Å². The third-order valence-corrected chi connectivity index (χ3v) is 2.41. The van der Waals surface area contributed by atoms with E-state index in [2.05, 4.69) is 12.2 Å². The Labute approximate surface area is 97.8 Å². The largest absolute Gasteiger partial charge is 0.497 e. The zero-order valence-electron chi connectivity index (χ0n) is 10.2. The summed E-state index contributed by atoms with van der Waals surface area (Å²) >= 11 is 0. The average Bonchev–Trinajstić information content (AvgIpc) is 2.34. The van der Waals surface area contributed by atoms with Crippen molar-refractivity contribution < 1.29 is 14.8 Å². The molecule has 0 saturated carbocycles. The maximum Gasteiger partial charge on any atom is 0.137 e. The minimum Gasteiger partial charge on any atom is -0.497 e. The Hall–Kier alpha value is -1.22. The smallest absolute Gasteiger partial charge is 0.137 e. The molecule has 0 bridgehead atoms. The van der Waals surface area contributed by atoms with Crippen LogP contribution < -0.4 is 14.8 Å². The van der Waals surface area contributed by atoms with Crippen molar-refractivity contribution in [2.45, 2.75) is 19.8 Å². The van der Waals surface area contributed by atoms with E-state index in [1.54, 1.807) is 7.11 Å². The molecule has 0 atom stereocenters. The minimum atomic E-state index is 0.760. The Morgan fingerprint density at radius 1 is 1.06 bits per heavy atom. The van der Waals surface area contributed by atoms with Crippen molar-refractivity contribution in [2.75, 3.05) is 26.8 Å². The van der Waals surface area contributed by atoms with E-state index in [0.29, 0.717) is 0 Å². The Balaban J connectivity index is 2.12. The van der Waals surface area contributed by atoms with Gasteiger partial charge >= 0.3 is 0 Å². The molecule has 3 heteroatoms. The molecule has 0 radical (unpaired) electrons. The van der Waals surface area contributed by atoms with Gasteiger partial charge in [-0.15, -0.1) is 0 Å². The topological polar surface area (TPSA) is 35.1 Å². The van der Waals surface area contributed by atoms with Gasteiger partial charge in [0.05, 0.1) is 13.7 Å². The predicted molar refractivity (Wildman–Crippen MR) is 65.1 cm³/mol. The van der Waals surface area contributed by atoms with Crippen molar-refractivity contribution in [2.24, 2.45) is 0 Å². The van der Waals surface area contributed by atoms with E-state index in [0.717, 1.165) is 24.7 Å². The Bertz CT molecular complexity index is 272. The van der Waals surface area contributed by atoms with Gasteiger partial charge in [0.25, 0.3) is 0 Å². The second-order valence-electron chi connectivity index (χ2n) is 3.74. The first-order valence-corrected chi connectivity index (χ1v) is 5.95. The van der Waals surface area contributed by atoms with Crippen LogP contribution in [0.4, 0.5) is 0 Å². The molecule has 0 aliphatic heterocycles. The number of quaternary nitrogens is 1. The number of rotatable bonds is 8. The van der Waals surface area contributed by atoms with Gasteiger partial charge in [-0.05, 0) is 30.7 Å². The maximum atomic E-state index is 5.60. The van der Waals surface area contributed by atoms with Crippen LogP contribution in [0.1, 0.15) is 19.8 Å². The number of nitrogens with two attached hydrogens (primary N) is 1. The van der Waals surface area contributed by atoms with Crippen LogP contribution in [0.2, 0.25) is 0 Å². The molecule has 0 heterocycles. The quantitative estimate of drug-likeness (QED) is 0.678. The molecule has 16 heavy (non-hydrogen) atoms. The molecule has 0 unspecified atom stereocenters. The van der Waals surface area contributed by atoms with Crippen molar-refractivity contribution in [3.8, 4) is 11.5 Å². The minimum absolute atomic E-state index is 0.760. The van der Waals surface area contributed by atoms with E-state index in [9.17, 15) is 0 Å². The lowest BCUT2D eigenvalue weighted by Crippen LogP contribution is -2.85. The molecule has 0 spiro atoms. The van der Waals surface area contributed by atoms with Crippen LogP contribution in [0, 0.1) is 0 Å². The molecule has 0 saturated heterocycles. The van der Waals surface area contributed by atoms with E-state index in [4.69, 9.17) is 9.47 Å². The van der Waals surface area contributed by atoms with Crippen LogP contribution in [0.3, 0.4) is 0 Å². The molecule has 3 nitrogen and oxygen atoms in total. The Kier molecular flexibility index (Phi) is 6.42. The van der Waals surface area contributed by atoms with Crippen molar-refractivity contribution in [3.63, 3.8) is 0 Å². The first-order valence-electron chi connectivity index (χ1n) is 5.95. The van der Waals surface area contributed by atoms with E-state index in [-0.39, 0.29) is 0 Å². The summed E-state index contributed by atoms with van der Waals surface area (Å²) in [7, 11) is 1.67. The lowest BCUT2D eigenvalue weighted by atomic mass is 10.3. The first kappa shape index (κ1) is 12.8. The molecular weight excluding hydrogens is 202 g/mol. The van der Waals surface area contributed by atoms with Crippen LogP contribution in [-0.4, -0.2) is 26.8 Å². The SMILES string of the molecule is CCCC[NH2+]CCOc1ccc(OC)cc1. The molecule has 1 aromatic carbocycles. The normalized spacial score (nSPS) is 10.1. The molecule has 0 aliphatic carbocycles. The summed E-state index contributed by atoms with van der Waals surface area (Å²) in [6, 6.07) is 7.70. The standard InChI is InChI=1S/C13H21NO2/c1-3-4-9-14-10-11-16-13-7-5-12(15-2)6-8-13/h5-8,14H,3-4,9-11H2,1-2H3/p+1. The summed E-state index contributed by atoms with van der Waals surface area (Å²) in [4.78, 5) is 0. The van der Waals surface area contributed by atoms with E-state index < -0.39 is 0 Å². The van der Waals surface area contributed by atoms with Crippen molar-refractivity contribution >= 4 is 0 Å². The highest BCUT2D eigenvalue weighted by Gasteiger charge is 1.95. The number of methoxy groups -OCH3 is 1. The highest BCUT2D eigenvalue weighted by atomic mass is 16.5. The van der Waals surface area contributed by atoms with Crippen LogP contribution in [0.5, 0.6) is 11.5 Å².